The summed E-state index contributed by atoms with van der Waals surface area (Å²) in [5, 5.41) is 11.9. The van der Waals surface area contributed by atoms with E-state index in [1.165, 1.54) is 41.1 Å². The molecule has 0 bridgehead atoms. The van der Waals surface area contributed by atoms with Gasteiger partial charge in [-0.15, -0.1) is 0 Å². The third-order valence-electron chi connectivity index (χ3n) is 8.05. The molecule has 5 aromatic carbocycles. The number of nitro benzene ring substituents is 1. The van der Waals surface area contributed by atoms with Crippen LogP contribution in [0.3, 0.4) is 0 Å². The number of amides is 1. The zero-order valence-electron chi connectivity index (χ0n) is 25.7. The number of carbonyl (C=O) groups excluding carboxylic acids is 1. The summed E-state index contributed by atoms with van der Waals surface area (Å²) in [5.74, 6) is -0.823. The van der Waals surface area contributed by atoms with E-state index < -0.39 is 20.9 Å². The van der Waals surface area contributed by atoms with Crippen molar-refractivity contribution in [3.63, 3.8) is 0 Å². The van der Waals surface area contributed by atoms with Crippen molar-refractivity contribution in [3.8, 4) is 11.1 Å². The summed E-state index contributed by atoms with van der Waals surface area (Å²) < 4.78 is 28.2. The van der Waals surface area contributed by atoms with Crippen LogP contribution in [0.2, 0.25) is 5.02 Å². The molecule has 9 nitrogen and oxygen atoms in total. The molecule has 0 saturated carbocycles. The Hall–Kier alpha value is -4.68. The molecule has 5 aromatic rings. The van der Waals surface area contributed by atoms with Gasteiger partial charge in [-0.25, -0.2) is 13.1 Å². The number of piperazine rings is 1. The number of anilines is 1. The highest BCUT2D eigenvalue weighted by atomic mass is 35.5. The largest absolute Gasteiger partial charge is 0.369 e. The van der Waals surface area contributed by atoms with Crippen LogP contribution in [-0.2, 0) is 16.6 Å². The molecule has 1 heterocycles. The van der Waals surface area contributed by atoms with Crippen LogP contribution >= 0.6 is 23.4 Å². The van der Waals surface area contributed by atoms with Gasteiger partial charge in [-0.2, -0.15) is 0 Å². The molecule has 1 amide bonds. The van der Waals surface area contributed by atoms with Gasteiger partial charge < -0.3 is 4.90 Å². The number of rotatable bonds is 10. The van der Waals surface area contributed by atoms with Crippen LogP contribution < -0.4 is 9.62 Å². The summed E-state index contributed by atoms with van der Waals surface area (Å²) in [6, 6.07) is 35.8. The SMILES string of the molecule is O=C(NS(=O)(=O)c1cccc([N+](=O)[O-])c1)c1ccc(N2CCN(Cc3ccccc3-c3ccc(Cl)cc3)CC2)cc1Sc1ccccc1. The first-order valence-electron chi connectivity index (χ1n) is 15.2. The van der Waals surface area contributed by atoms with Crippen molar-refractivity contribution >= 4 is 50.7 Å². The van der Waals surface area contributed by atoms with Gasteiger partial charge in [-0.05, 0) is 65.2 Å². The minimum absolute atomic E-state index is 0.180. The molecule has 6 rings (SSSR count). The summed E-state index contributed by atoms with van der Waals surface area (Å²) in [6.45, 7) is 4.01. The lowest BCUT2D eigenvalue weighted by molar-refractivity contribution is -0.385. The quantitative estimate of drug-likeness (QED) is 0.118. The second-order valence-electron chi connectivity index (χ2n) is 11.2. The number of hydrogen-bond donors (Lipinski definition) is 1. The molecule has 0 radical (unpaired) electrons. The Morgan fingerprint density at radius 2 is 1.54 bits per heavy atom. The number of sulfonamides is 1. The third-order valence-corrected chi connectivity index (χ3v) is 10.7. The second-order valence-corrected chi connectivity index (χ2v) is 14.4. The fourth-order valence-corrected chi connectivity index (χ4v) is 7.70. The molecule has 0 unspecified atom stereocenters. The maximum absolute atomic E-state index is 13.4. The lowest BCUT2D eigenvalue weighted by Crippen LogP contribution is -2.46. The van der Waals surface area contributed by atoms with Crippen LogP contribution in [0.4, 0.5) is 11.4 Å². The molecular formula is C36H31ClN4O5S2. The number of benzene rings is 5. The number of hydrogen-bond acceptors (Lipinski definition) is 8. The van der Waals surface area contributed by atoms with E-state index in [9.17, 15) is 23.3 Å². The van der Waals surface area contributed by atoms with Crippen molar-refractivity contribution in [1.29, 1.82) is 0 Å². The Kier molecular flexibility index (Phi) is 10.1. The summed E-state index contributed by atoms with van der Waals surface area (Å²) >= 11 is 7.48. The van der Waals surface area contributed by atoms with Crippen molar-refractivity contribution in [2.24, 2.45) is 0 Å². The van der Waals surface area contributed by atoms with Gasteiger partial charge in [0.2, 0.25) is 0 Å². The molecule has 1 N–H and O–H groups in total. The zero-order valence-corrected chi connectivity index (χ0v) is 28.0. The van der Waals surface area contributed by atoms with E-state index >= 15 is 0 Å². The van der Waals surface area contributed by atoms with Crippen molar-refractivity contribution in [1.82, 2.24) is 9.62 Å². The predicted molar refractivity (Wildman–Crippen MR) is 189 cm³/mol. The average molecular weight is 699 g/mol. The van der Waals surface area contributed by atoms with Crippen LogP contribution in [0.25, 0.3) is 11.1 Å². The number of nitro groups is 1. The van der Waals surface area contributed by atoms with Crippen LogP contribution in [0.15, 0.2) is 136 Å². The standard InChI is InChI=1S/C36H31ClN4O5S2/c37-28-15-13-26(14-16-28)33-12-5-4-7-27(33)25-39-19-21-40(22-20-39)29-17-18-34(35(24-29)47-31-9-2-1-3-10-31)36(42)38-48(45,46)32-11-6-8-30(23-32)41(43)44/h1-18,23-24H,19-22,25H2,(H,38,42). The molecule has 12 heteroatoms. The molecule has 0 atom stereocenters. The fourth-order valence-electron chi connectivity index (χ4n) is 5.57. The molecule has 1 aliphatic heterocycles. The Morgan fingerprint density at radius 1 is 0.833 bits per heavy atom. The minimum Gasteiger partial charge on any atom is -0.369 e. The number of nitrogens with zero attached hydrogens (tertiary/aromatic N) is 3. The van der Waals surface area contributed by atoms with Crippen molar-refractivity contribution in [3.05, 3.63) is 148 Å². The number of carbonyl (C=O) groups is 1. The molecule has 0 aromatic heterocycles. The van der Waals surface area contributed by atoms with E-state index in [0.717, 1.165) is 54.9 Å². The summed E-state index contributed by atoms with van der Waals surface area (Å²) in [6.07, 6.45) is 0. The fraction of sp³-hybridized carbons (Fsp3) is 0.139. The topological polar surface area (TPSA) is 113 Å². The smallest absolute Gasteiger partial charge is 0.270 e. The summed E-state index contributed by atoms with van der Waals surface area (Å²) in [5.41, 5.74) is 4.26. The first kappa shape index (κ1) is 33.2. The van der Waals surface area contributed by atoms with Crippen molar-refractivity contribution < 1.29 is 18.1 Å². The first-order chi connectivity index (χ1) is 23.2. The Labute approximate surface area is 288 Å². The van der Waals surface area contributed by atoms with Gasteiger partial charge in [0.1, 0.15) is 0 Å². The van der Waals surface area contributed by atoms with Crippen LogP contribution in [0, 0.1) is 10.1 Å². The second kappa shape index (κ2) is 14.6. The van der Waals surface area contributed by atoms with Crippen LogP contribution in [0.1, 0.15) is 15.9 Å². The minimum atomic E-state index is -4.37. The maximum atomic E-state index is 13.4. The Morgan fingerprint density at radius 3 is 2.27 bits per heavy atom. The highest BCUT2D eigenvalue weighted by molar-refractivity contribution is 7.99. The molecular weight excluding hydrogens is 668 g/mol. The average Bonchev–Trinajstić information content (AvgIpc) is 3.09. The van der Waals surface area contributed by atoms with E-state index in [1.54, 1.807) is 6.07 Å². The molecule has 48 heavy (non-hydrogen) atoms. The lowest BCUT2D eigenvalue weighted by Gasteiger charge is -2.36. The molecule has 1 aliphatic rings. The van der Waals surface area contributed by atoms with E-state index in [-0.39, 0.29) is 16.1 Å². The van der Waals surface area contributed by atoms with Gasteiger partial charge >= 0.3 is 0 Å². The maximum Gasteiger partial charge on any atom is 0.270 e. The summed E-state index contributed by atoms with van der Waals surface area (Å²) in [4.78, 5) is 29.7. The van der Waals surface area contributed by atoms with E-state index in [0.29, 0.717) is 9.92 Å². The highest BCUT2D eigenvalue weighted by Gasteiger charge is 2.25. The van der Waals surface area contributed by atoms with E-state index in [1.807, 2.05) is 72.8 Å². The van der Waals surface area contributed by atoms with Crippen LogP contribution in [0.5, 0.6) is 0 Å². The predicted octanol–water partition coefficient (Wildman–Crippen LogP) is 7.51. The normalized spacial score (nSPS) is 13.6. The van der Waals surface area contributed by atoms with Gasteiger partial charge in [-0.3, -0.25) is 19.8 Å². The number of halogens is 1. The third kappa shape index (κ3) is 7.88. The Balaban J connectivity index is 1.19. The van der Waals surface area contributed by atoms with Gasteiger partial charge in [-0.1, -0.05) is 84.0 Å². The van der Waals surface area contributed by atoms with Crippen molar-refractivity contribution in [2.45, 2.75) is 21.2 Å². The number of non-ortho nitro benzene ring substituents is 1. The summed E-state index contributed by atoms with van der Waals surface area (Å²) in [7, 11) is -4.37. The molecule has 0 spiro atoms. The van der Waals surface area contributed by atoms with Gasteiger partial charge in [0, 0.05) is 65.4 Å². The monoisotopic (exact) mass is 698 g/mol. The van der Waals surface area contributed by atoms with E-state index in [2.05, 4.69) is 32.7 Å². The molecule has 244 valence electrons. The van der Waals surface area contributed by atoms with Gasteiger partial charge in [0.25, 0.3) is 21.6 Å². The lowest BCUT2D eigenvalue weighted by atomic mass is 9.99. The van der Waals surface area contributed by atoms with E-state index in [4.69, 9.17) is 11.6 Å². The van der Waals surface area contributed by atoms with Gasteiger partial charge in [0.15, 0.2) is 0 Å². The molecule has 0 aliphatic carbocycles. The Bertz CT molecular complexity index is 2050. The number of nitrogens with one attached hydrogen (secondary N) is 1. The molecule has 1 fully saturated rings. The first-order valence-corrected chi connectivity index (χ1v) is 17.8. The highest BCUT2D eigenvalue weighted by Crippen LogP contribution is 2.34. The van der Waals surface area contributed by atoms with Crippen LogP contribution in [-0.4, -0.2) is 50.3 Å². The zero-order chi connectivity index (χ0) is 33.7. The van der Waals surface area contributed by atoms with Crippen molar-refractivity contribution in [2.75, 3.05) is 31.1 Å². The molecule has 1 saturated heterocycles. The van der Waals surface area contributed by atoms with Gasteiger partial charge in [0.05, 0.1) is 15.4 Å².